The minimum atomic E-state index is -0.473. The minimum Gasteiger partial charge on any atom is -0.383 e. The van der Waals surface area contributed by atoms with Crippen LogP contribution in [-0.2, 0) is 10.2 Å². The van der Waals surface area contributed by atoms with Crippen molar-refractivity contribution in [2.45, 2.75) is 57.0 Å². The first-order chi connectivity index (χ1) is 15.4. The molecule has 0 radical (unpaired) electrons. The van der Waals surface area contributed by atoms with Crippen molar-refractivity contribution in [2.24, 2.45) is 0 Å². The summed E-state index contributed by atoms with van der Waals surface area (Å²) in [5.74, 6) is -0.129. The molecule has 2 aliphatic rings. The summed E-state index contributed by atoms with van der Waals surface area (Å²) in [6.07, 6.45) is 5.36. The van der Waals surface area contributed by atoms with Crippen LogP contribution in [0.1, 0.15) is 55.5 Å². The molecule has 1 aromatic heterocycles. The van der Waals surface area contributed by atoms with Crippen LogP contribution in [0.5, 0.6) is 0 Å². The molecule has 2 aromatic rings. The first kappa shape index (κ1) is 22.6. The fourth-order valence-corrected chi connectivity index (χ4v) is 4.57. The molecule has 0 bridgehead atoms. The molecule has 0 unspecified atom stereocenters. The molecule has 1 amide bonds. The Hall–Kier alpha value is -2.58. The van der Waals surface area contributed by atoms with Gasteiger partial charge in [-0.15, -0.1) is 0 Å². The van der Waals surface area contributed by atoms with E-state index >= 15 is 0 Å². The highest BCUT2D eigenvalue weighted by molar-refractivity contribution is 5.98. The Kier molecular flexibility index (Phi) is 6.71. The lowest BCUT2D eigenvalue weighted by Crippen LogP contribution is -2.43. The molecule has 0 spiro atoms. The maximum absolute atomic E-state index is 14.7. The van der Waals surface area contributed by atoms with E-state index in [2.05, 4.69) is 39.8 Å². The third-order valence-electron chi connectivity index (χ3n) is 6.50. The predicted octanol–water partition coefficient (Wildman–Crippen LogP) is 3.26. The van der Waals surface area contributed by atoms with E-state index in [0.29, 0.717) is 29.7 Å². The van der Waals surface area contributed by atoms with E-state index in [0.717, 1.165) is 44.4 Å². The first-order valence-electron chi connectivity index (χ1n) is 11.3. The normalized spacial score (nSPS) is 22.2. The highest BCUT2D eigenvalue weighted by Crippen LogP contribution is 2.33. The summed E-state index contributed by atoms with van der Waals surface area (Å²) in [5, 5.41) is 9.82. The number of hydrogen-bond acceptors (Lipinski definition) is 6. The number of ether oxygens (including phenoxy) is 1. The number of carbonyl (C=O) groups is 1. The van der Waals surface area contributed by atoms with E-state index in [1.54, 1.807) is 19.2 Å². The van der Waals surface area contributed by atoms with Crippen LogP contribution in [0.2, 0.25) is 0 Å². The van der Waals surface area contributed by atoms with Crippen LogP contribution in [0.3, 0.4) is 0 Å². The number of halogens is 1. The van der Waals surface area contributed by atoms with Crippen molar-refractivity contribution in [1.82, 2.24) is 20.6 Å². The molecular formula is C24H32FN5O2. The molecule has 4 rings (SSSR count). The Balaban J connectivity index is 1.48. The largest absolute Gasteiger partial charge is 0.383 e. The van der Waals surface area contributed by atoms with Gasteiger partial charge in [0.25, 0.3) is 5.91 Å². The molecule has 1 aromatic carbocycles. The van der Waals surface area contributed by atoms with Crippen molar-refractivity contribution >= 4 is 11.9 Å². The van der Waals surface area contributed by atoms with Gasteiger partial charge >= 0.3 is 0 Å². The molecule has 0 saturated heterocycles. The predicted molar refractivity (Wildman–Crippen MR) is 122 cm³/mol. The number of amides is 1. The Morgan fingerprint density at radius 1 is 1.22 bits per heavy atom. The standard InChI is InChI=1S/C24H32FN5O2/c1-24(2)14-28-22(31)18-9-4-15(12-19(18)24)21-20(25)13-27-23(30-21)29-17-7-5-16(6-8-17)26-10-11-32-3/h4,9,12-13,16-17,26H,5-8,10-11,14H2,1-3H3,(H,28,31)(H,27,29,30). The van der Waals surface area contributed by atoms with Crippen molar-refractivity contribution < 1.29 is 13.9 Å². The Labute approximate surface area is 188 Å². The molecule has 3 N–H and O–H groups in total. The maximum Gasteiger partial charge on any atom is 0.251 e. The van der Waals surface area contributed by atoms with Gasteiger partial charge in [-0.25, -0.2) is 14.4 Å². The fourth-order valence-electron chi connectivity index (χ4n) is 4.57. The van der Waals surface area contributed by atoms with Gasteiger partial charge in [0.15, 0.2) is 5.82 Å². The summed E-state index contributed by atoms with van der Waals surface area (Å²) in [4.78, 5) is 20.9. The van der Waals surface area contributed by atoms with Crippen LogP contribution in [0.4, 0.5) is 10.3 Å². The number of nitrogens with one attached hydrogen (secondary N) is 3. The van der Waals surface area contributed by atoms with Gasteiger partial charge in [-0.1, -0.05) is 19.9 Å². The molecule has 2 heterocycles. The number of benzene rings is 1. The first-order valence-corrected chi connectivity index (χ1v) is 11.3. The van der Waals surface area contributed by atoms with Crippen LogP contribution < -0.4 is 16.0 Å². The second-order valence-corrected chi connectivity index (χ2v) is 9.36. The minimum absolute atomic E-state index is 0.0938. The topological polar surface area (TPSA) is 88.2 Å². The number of aromatic nitrogens is 2. The van der Waals surface area contributed by atoms with E-state index < -0.39 is 5.82 Å². The van der Waals surface area contributed by atoms with Gasteiger partial charge in [0.05, 0.1) is 12.8 Å². The highest BCUT2D eigenvalue weighted by atomic mass is 19.1. The van der Waals surface area contributed by atoms with Gasteiger partial charge < -0.3 is 20.7 Å². The quantitative estimate of drug-likeness (QED) is 0.572. The summed E-state index contributed by atoms with van der Waals surface area (Å²) in [5.41, 5.74) is 2.21. The number of carbonyl (C=O) groups excluding carboxylic acids is 1. The lowest BCUT2D eigenvalue weighted by atomic mass is 9.78. The summed E-state index contributed by atoms with van der Waals surface area (Å²) < 4.78 is 19.8. The van der Waals surface area contributed by atoms with Crippen LogP contribution in [-0.4, -0.2) is 54.8 Å². The van der Waals surface area contributed by atoms with E-state index in [4.69, 9.17) is 4.74 Å². The van der Waals surface area contributed by atoms with Crippen molar-refractivity contribution in [3.8, 4) is 11.3 Å². The molecule has 32 heavy (non-hydrogen) atoms. The van der Waals surface area contributed by atoms with Gasteiger partial charge in [0.2, 0.25) is 5.95 Å². The van der Waals surface area contributed by atoms with Crippen LogP contribution in [0, 0.1) is 5.82 Å². The molecule has 1 aliphatic carbocycles. The third kappa shape index (κ3) is 4.91. The van der Waals surface area contributed by atoms with Gasteiger partial charge in [-0.3, -0.25) is 4.79 Å². The monoisotopic (exact) mass is 441 g/mol. The summed E-state index contributed by atoms with van der Waals surface area (Å²) in [6.45, 7) is 6.26. The number of nitrogens with zero attached hydrogens (tertiary/aromatic N) is 2. The van der Waals surface area contributed by atoms with E-state index in [1.807, 2.05) is 6.07 Å². The van der Waals surface area contributed by atoms with Crippen molar-refractivity contribution in [3.05, 3.63) is 41.3 Å². The number of fused-ring (bicyclic) bond motifs is 1. The molecular weight excluding hydrogens is 409 g/mol. The third-order valence-corrected chi connectivity index (χ3v) is 6.50. The summed E-state index contributed by atoms with van der Waals surface area (Å²) >= 11 is 0. The number of hydrogen-bond donors (Lipinski definition) is 3. The SMILES string of the molecule is COCCNC1CCC(Nc2ncc(F)c(-c3ccc4c(c3)C(C)(C)CNC4=O)n2)CC1. The van der Waals surface area contributed by atoms with Crippen LogP contribution in [0.15, 0.2) is 24.4 Å². The summed E-state index contributed by atoms with van der Waals surface area (Å²) in [7, 11) is 1.71. The smallest absolute Gasteiger partial charge is 0.251 e. The average Bonchev–Trinajstić information content (AvgIpc) is 2.79. The maximum atomic E-state index is 14.7. The molecule has 8 heteroatoms. The number of anilines is 1. The molecule has 1 saturated carbocycles. The lowest BCUT2D eigenvalue weighted by Gasteiger charge is -2.32. The van der Waals surface area contributed by atoms with Gasteiger partial charge in [-0.2, -0.15) is 0 Å². The van der Waals surface area contributed by atoms with E-state index in [-0.39, 0.29) is 23.1 Å². The van der Waals surface area contributed by atoms with Gasteiger partial charge in [0.1, 0.15) is 5.69 Å². The second-order valence-electron chi connectivity index (χ2n) is 9.36. The molecule has 7 nitrogen and oxygen atoms in total. The Bertz CT molecular complexity index is 973. The summed E-state index contributed by atoms with van der Waals surface area (Å²) in [6, 6.07) is 6.17. The Morgan fingerprint density at radius 3 is 2.72 bits per heavy atom. The van der Waals surface area contributed by atoms with Crippen LogP contribution in [0.25, 0.3) is 11.3 Å². The van der Waals surface area contributed by atoms with Gasteiger partial charge in [0, 0.05) is 48.8 Å². The highest BCUT2D eigenvalue weighted by Gasteiger charge is 2.32. The van der Waals surface area contributed by atoms with E-state index in [1.165, 1.54) is 6.20 Å². The number of rotatable bonds is 7. The molecule has 1 aliphatic heterocycles. The van der Waals surface area contributed by atoms with Crippen LogP contribution >= 0.6 is 0 Å². The zero-order valence-corrected chi connectivity index (χ0v) is 19.0. The second kappa shape index (κ2) is 9.50. The van der Waals surface area contributed by atoms with Gasteiger partial charge in [-0.05, 0) is 43.4 Å². The fraction of sp³-hybridized carbons (Fsp3) is 0.542. The zero-order chi connectivity index (χ0) is 22.7. The zero-order valence-electron chi connectivity index (χ0n) is 19.0. The molecule has 1 fully saturated rings. The molecule has 0 atom stereocenters. The lowest BCUT2D eigenvalue weighted by molar-refractivity contribution is 0.0930. The number of methoxy groups -OCH3 is 1. The molecule has 172 valence electrons. The van der Waals surface area contributed by atoms with E-state index in [9.17, 15) is 9.18 Å². The van der Waals surface area contributed by atoms with Crippen molar-refractivity contribution in [2.75, 3.05) is 32.1 Å². The Morgan fingerprint density at radius 2 is 1.97 bits per heavy atom. The average molecular weight is 442 g/mol. The van der Waals surface area contributed by atoms with Crippen molar-refractivity contribution in [3.63, 3.8) is 0 Å². The van der Waals surface area contributed by atoms with Crippen molar-refractivity contribution in [1.29, 1.82) is 0 Å².